The summed E-state index contributed by atoms with van der Waals surface area (Å²) in [4.78, 5) is 0. The maximum Gasteiger partial charge on any atom is 0.142 e. The quantitative estimate of drug-likeness (QED) is 0.892. The Morgan fingerprint density at radius 1 is 0.789 bits per heavy atom. The van der Waals surface area contributed by atoms with E-state index < -0.39 is 0 Å². The first-order valence-electron chi connectivity index (χ1n) is 5.90. The monoisotopic (exact) mass is 259 g/mol. The normalized spacial score (nSPS) is 9.84. The molecule has 0 bridgehead atoms. The number of hydrogen-bond donors (Lipinski definition) is 1. The SMILES string of the molecule is COc1cccc(Nc2cc(OC)ccc2OC)c1. The van der Waals surface area contributed by atoms with E-state index >= 15 is 0 Å². The van der Waals surface area contributed by atoms with Crippen LogP contribution in [0.3, 0.4) is 0 Å². The summed E-state index contributed by atoms with van der Waals surface area (Å²) < 4.78 is 15.7. The van der Waals surface area contributed by atoms with Crippen LogP contribution in [0.25, 0.3) is 0 Å². The Morgan fingerprint density at radius 3 is 2.21 bits per heavy atom. The summed E-state index contributed by atoms with van der Waals surface area (Å²) in [6.07, 6.45) is 0. The van der Waals surface area contributed by atoms with Crippen molar-refractivity contribution < 1.29 is 14.2 Å². The van der Waals surface area contributed by atoms with Crippen LogP contribution in [0.5, 0.6) is 17.2 Å². The summed E-state index contributed by atoms with van der Waals surface area (Å²) in [6, 6.07) is 13.3. The average molecular weight is 259 g/mol. The average Bonchev–Trinajstić information content (AvgIpc) is 2.47. The Balaban J connectivity index is 2.30. The highest BCUT2D eigenvalue weighted by Crippen LogP contribution is 2.32. The van der Waals surface area contributed by atoms with Crippen molar-refractivity contribution in [1.82, 2.24) is 0 Å². The highest BCUT2D eigenvalue weighted by atomic mass is 16.5. The van der Waals surface area contributed by atoms with E-state index in [2.05, 4.69) is 5.32 Å². The van der Waals surface area contributed by atoms with E-state index in [0.29, 0.717) is 0 Å². The van der Waals surface area contributed by atoms with Gasteiger partial charge in [-0.15, -0.1) is 0 Å². The predicted octanol–water partition coefficient (Wildman–Crippen LogP) is 3.46. The first-order chi connectivity index (χ1) is 9.26. The molecule has 0 aliphatic heterocycles. The largest absolute Gasteiger partial charge is 0.497 e. The number of methoxy groups -OCH3 is 3. The minimum atomic E-state index is 0.753. The third kappa shape index (κ3) is 3.10. The Hall–Kier alpha value is -2.36. The summed E-state index contributed by atoms with van der Waals surface area (Å²) in [5.41, 5.74) is 1.76. The molecule has 0 heterocycles. The molecule has 4 nitrogen and oxygen atoms in total. The number of rotatable bonds is 5. The van der Waals surface area contributed by atoms with Gasteiger partial charge >= 0.3 is 0 Å². The Kier molecular flexibility index (Phi) is 4.13. The molecule has 0 amide bonds. The molecule has 19 heavy (non-hydrogen) atoms. The molecule has 2 aromatic rings. The van der Waals surface area contributed by atoms with E-state index in [-0.39, 0.29) is 0 Å². The molecular weight excluding hydrogens is 242 g/mol. The van der Waals surface area contributed by atoms with Crippen molar-refractivity contribution in [3.05, 3.63) is 42.5 Å². The van der Waals surface area contributed by atoms with Gasteiger partial charge in [0.05, 0.1) is 27.0 Å². The molecule has 1 N–H and O–H groups in total. The van der Waals surface area contributed by atoms with Crippen molar-refractivity contribution >= 4 is 11.4 Å². The lowest BCUT2D eigenvalue weighted by atomic mass is 10.2. The second-order valence-corrected chi connectivity index (χ2v) is 3.92. The van der Waals surface area contributed by atoms with Gasteiger partial charge in [-0.25, -0.2) is 0 Å². The van der Waals surface area contributed by atoms with Gasteiger partial charge in [0, 0.05) is 17.8 Å². The Morgan fingerprint density at radius 2 is 1.53 bits per heavy atom. The van der Waals surface area contributed by atoms with Crippen LogP contribution in [-0.2, 0) is 0 Å². The van der Waals surface area contributed by atoms with Gasteiger partial charge in [-0.1, -0.05) is 6.07 Å². The van der Waals surface area contributed by atoms with Crippen LogP contribution in [0.4, 0.5) is 11.4 Å². The summed E-state index contributed by atoms with van der Waals surface area (Å²) >= 11 is 0. The van der Waals surface area contributed by atoms with Crippen molar-refractivity contribution in [2.75, 3.05) is 26.6 Å². The zero-order valence-electron chi connectivity index (χ0n) is 11.3. The second-order valence-electron chi connectivity index (χ2n) is 3.92. The fourth-order valence-corrected chi connectivity index (χ4v) is 1.77. The predicted molar refractivity (Wildman–Crippen MR) is 75.8 cm³/mol. The van der Waals surface area contributed by atoms with E-state index in [1.54, 1.807) is 21.3 Å². The number of anilines is 2. The van der Waals surface area contributed by atoms with Crippen molar-refractivity contribution in [1.29, 1.82) is 0 Å². The van der Waals surface area contributed by atoms with E-state index in [9.17, 15) is 0 Å². The van der Waals surface area contributed by atoms with Crippen LogP contribution >= 0.6 is 0 Å². The van der Waals surface area contributed by atoms with Gasteiger partial charge in [0.25, 0.3) is 0 Å². The molecule has 0 radical (unpaired) electrons. The van der Waals surface area contributed by atoms with Gasteiger partial charge in [-0.05, 0) is 24.3 Å². The third-order valence-electron chi connectivity index (χ3n) is 2.76. The number of ether oxygens (including phenoxy) is 3. The van der Waals surface area contributed by atoms with Gasteiger partial charge in [0.1, 0.15) is 17.2 Å². The lowest BCUT2D eigenvalue weighted by Crippen LogP contribution is -1.96. The lowest BCUT2D eigenvalue weighted by molar-refractivity contribution is 0.405. The lowest BCUT2D eigenvalue weighted by Gasteiger charge is -2.13. The third-order valence-corrected chi connectivity index (χ3v) is 2.76. The molecule has 0 spiro atoms. The van der Waals surface area contributed by atoms with Crippen LogP contribution in [0, 0.1) is 0 Å². The summed E-state index contributed by atoms with van der Waals surface area (Å²) in [5, 5.41) is 3.29. The standard InChI is InChI=1S/C15H17NO3/c1-17-12-6-4-5-11(9-12)16-14-10-13(18-2)7-8-15(14)19-3/h4-10,16H,1-3H3. The molecule has 0 saturated carbocycles. The fraction of sp³-hybridized carbons (Fsp3) is 0.200. The summed E-state index contributed by atoms with van der Waals surface area (Å²) in [7, 11) is 4.92. The molecule has 0 aliphatic rings. The highest BCUT2D eigenvalue weighted by Gasteiger charge is 2.05. The second kappa shape index (κ2) is 6.00. The Labute approximate surface area is 112 Å². The number of hydrogen-bond acceptors (Lipinski definition) is 4. The van der Waals surface area contributed by atoms with Gasteiger partial charge in [0.15, 0.2) is 0 Å². The summed E-state index contributed by atoms with van der Waals surface area (Å²) in [6.45, 7) is 0. The molecule has 0 atom stereocenters. The van der Waals surface area contributed by atoms with Crippen LogP contribution in [-0.4, -0.2) is 21.3 Å². The molecule has 100 valence electrons. The minimum Gasteiger partial charge on any atom is -0.497 e. The van der Waals surface area contributed by atoms with Gasteiger partial charge in [-0.3, -0.25) is 0 Å². The zero-order chi connectivity index (χ0) is 13.7. The van der Waals surface area contributed by atoms with Gasteiger partial charge in [0.2, 0.25) is 0 Å². The van der Waals surface area contributed by atoms with Crippen LogP contribution in [0.15, 0.2) is 42.5 Å². The topological polar surface area (TPSA) is 39.7 Å². The van der Waals surface area contributed by atoms with Crippen LogP contribution in [0.1, 0.15) is 0 Å². The van der Waals surface area contributed by atoms with E-state index in [4.69, 9.17) is 14.2 Å². The van der Waals surface area contributed by atoms with Crippen molar-refractivity contribution in [2.45, 2.75) is 0 Å². The molecule has 2 aromatic carbocycles. The van der Waals surface area contributed by atoms with Crippen molar-refractivity contribution in [3.63, 3.8) is 0 Å². The van der Waals surface area contributed by atoms with Crippen molar-refractivity contribution in [3.8, 4) is 17.2 Å². The summed E-state index contributed by atoms with van der Waals surface area (Å²) in [5.74, 6) is 2.32. The maximum absolute atomic E-state index is 5.32. The molecule has 4 heteroatoms. The Bertz CT molecular complexity index is 555. The number of benzene rings is 2. The van der Waals surface area contributed by atoms with E-state index in [0.717, 1.165) is 28.6 Å². The first kappa shape index (κ1) is 13.1. The zero-order valence-corrected chi connectivity index (χ0v) is 11.3. The minimum absolute atomic E-state index is 0.753. The first-order valence-corrected chi connectivity index (χ1v) is 5.90. The molecular formula is C15H17NO3. The molecule has 0 aliphatic carbocycles. The maximum atomic E-state index is 5.32. The van der Waals surface area contributed by atoms with Gasteiger partial charge < -0.3 is 19.5 Å². The molecule has 0 saturated heterocycles. The molecule has 2 rings (SSSR count). The van der Waals surface area contributed by atoms with Crippen LogP contribution < -0.4 is 19.5 Å². The van der Waals surface area contributed by atoms with E-state index in [1.807, 2.05) is 42.5 Å². The highest BCUT2D eigenvalue weighted by molar-refractivity contribution is 5.68. The van der Waals surface area contributed by atoms with Crippen molar-refractivity contribution in [2.24, 2.45) is 0 Å². The molecule has 0 unspecified atom stereocenters. The molecule has 0 aromatic heterocycles. The van der Waals surface area contributed by atoms with E-state index in [1.165, 1.54) is 0 Å². The number of nitrogens with one attached hydrogen (secondary N) is 1. The van der Waals surface area contributed by atoms with Gasteiger partial charge in [-0.2, -0.15) is 0 Å². The fourth-order valence-electron chi connectivity index (χ4n) is 1.77. The van der Waals surface area contributed by atoms with Crippen LogP contribution in [0.2, 0.25) is 0 Å². The smallest absolute Gasteiger partial charge is 0.142 e. The molecule has 0 fully saturated rings.